The second kappa shape index (κ2) is 9.67. The predicted molar refractivity (Wildman–Crippen MR) is 126 cm³/mol. The quantitative estimate of drug-likeness (QED) is 0.588. The third-order valence-corrected chi connectivity index (χ3v) is 7.53. The molecule has 1 unspecified atom stereocenters. The molecule has 1 N–H and O–H groups in total. The summed E-state index contributed by atoms with van der Waals surface area (Å²) in [6.45, 7) is 3.24. The molecule has 0 spiro atoms. The summed E-state index contributed by atoms with van der Waals surface area (Å²) in [6, 6.07) is 24.2. The van der Waals surface area contributed by atoms with Crippen LogP contribution in [0, 0.1) is 0 Å². The number of nitrogens with one attached hydrogen (secondary N) is 1. The van der Waals surface area contributed by atoms with Crippen molar-refractivity contribution in [2.75, 3.05) is 6.54 Å². The van der Waals surface area contributed by atoms with Crippen molar-refractivity contribution in [3.63, 3.8) is 0 Å². The van der Waals surface area contributed by atoms with Gasteiger partial charge in [-0.1, -0.05) is 66.7 Å². The lowest BCUT2D eigenvalue weighted by Gasteiger charge is -2.29. The smallest absolute Gasteiger partial charge is 0.241 e. The van der Waals surface area contributed by atoms with Gasteiger partial charge >= 0.3 is 0 Å². The summed E-state index contributed by atoms with van der Waals surface area (Å²) in [6.07, 6.45) is 1.89. The van der Waals surface area contributed by atoms with E-state index < -0.39 is 10.0 Å². The zero-order valence-corrected chi connectivity index (χ0v) is 19.0. The largest absolute Gasteiger partial charge is 0.338 e. The van der Waals surface area contributed by atoms with E-state index >= 15 is 0 Å². The van der Waals surface area contributed by atoms with Crippen LogP contribution in [0.3, 0.4) is 0 Å². The van der Waals surface area contributed by atoms with Crippen molar-refractivity contribution in [2.45, 2.75) is 43.7 Å². The maximum Gasteiger partial charge on any atom is 0.241 e. The van der Waals surface area contributed by atoms with E-state index in [9.17, 15) is 13.2 Å². The third-order valence-electron chi connectivity index (χ3n) is 5.98. The molecule has 0 bridgehead atoms. The van der Waals surface area contributed by atoms with Gasteiger partial charge in [0.2, 0.25) is 15.9 Å². The molecule has 0 radical (unpaired) electrons. The van der Waals surface area contributed by atoms with E-state index in [2.05, 4.69) is 16.9 Å². The molecule has 0 saturated carbocycles. The highest BCUT2D eigenvalue weighted by Crippen LogP contribution is 2.20. The minimum Gasteiger partial charge on any atom is -0.338 e. The summed E-state index contributed by atoms with van der Waals surface area (Å²) in [5.41, 5.74) is 4.40. The fourth-order valence-electron chi connectivity index (χ4n) is 4.06. The van der Waals surface area contributed by atoms with Crippen LogP contribution < -0.4 is 4.72 Å². The molecule has 0 fully saturated rings. The Morgan fingerprint density at radius 3 is 2.31 bits per heavy atom. The standard InChI is InChI=1S/C26H28N2O3S/c1-20(22-7-3-2-4-8-22)27-32(30,31)25-14-11-21(12-15-25)13-16-26(29)28-18-17-23-9-5-6-10-24(23)19-28/h2-12,14-15,20,27H,13,16-19H2,1H3. The average Bonchev–Trinajstić information content (AvgIpc) is 2.82. The van der Waals surface area contributed by atoms with E-state index in [0.29, 0.717) is 19.4 Å². The molecule has 0 aromatic heterocycles. The lowest BCUT2D eigenvalue weighted by Crippen LogP contribution is -2.36. The average molecular weight is 449 g/mol. The van der Waals surface area contributed by atoms with E-state index in [1.165, 1.54) is 11.1 Å². The van der Waals surface area contributed by atoms with Gasteiger partial charge in [0, 0.05) is 25.6 Å². The van der Waals surface area contributed by atoms with Gasteiger partial charge in [0.1, 0.15) is 0 Å². The van der Waals surface area contributed by atoms with Crippen molar-refractivity contribution in [3.05, 3.63) is 101 Å². The Morgan fingerprint density at radius 1 is 0.938 bits per heavy atom. The van der Waals surface area contributed by atoms with E-state index in [4.69, 9.17) is 0 Å². The number of benzene rings is 3. The number of amides is 1. The molecular formula is C26H28N2O3S. The molecule has 4 rings (SSSR count). The molecule has 3 aromatic carbocycles. The zero-order valence-electron chi connectivity index (χ0n) is 18.2. The van der Waals surface area contributed by atoms with Crippen molar-refractivity contribution < 1.29 is 13.2 Å². The van der Waals surface area contributed by atoms with Gasteiger partial charge in [0.05, 0.1) is 4.90 Å². The zero-order chi connectivity index (χ0) is 22.6. The summed E-state index contributed by atoms with van der Waals surface area (Å²) >= 11 is 0. The number of rotatable bonds is 7. The Hall–Kier alpha value is -2.96. The van der Waals surface area contributed by atoms with Crippen molar-refractivity contribution in [1.29, 1.82) is 0 Å². The number of nitrogens with zero attached hydrogens (tertiary/aromatic N) is 1. The Kier molecular flexibility index (Phi) is 6.72. The van der Waals surface area contributed by atoms with Crippen molar-refractivity contribution in [2.24, 2.45) is 0 Å². The summed E-state index contributed by atoms with van der Waals surface area (Å²) < 4.78 is 28.2. The molecule has 1 aliphatic rings. The predicted octanol–water partition coefficient (Wildman–Crippen LogP) is 4.24. The topological polar surface area (TPSA) is 66.5 Å². The highest BCUT2D eigenvalue weighted by atomic mass is 32.2. The molecule has 1 amide bonds. The van der Waals surface area contributed by atoms with Crippen LogP contribution in [0.2, 0.25) is 0 Å². The van der Waals surface area contributed by atoms with E-state index in [-0.39, 0.29) is 16.8 Å². The Labute approximate surface area is 190 Å². The lowest BCUT2D eigenvalue weighted by atomic mass is 9.99. The fraction of sp³-hybridized carbons (Fsp3) is 0.269. The SMILES string of the molecule is CC(NS(=O)(=O)c1ccc(CCC(=O)N2CCc3ccccc3C2)cc1)c1ccccc1. The van der Waals surface area contributed by atoms with Crippen LogP contribution in [0.5, 0.6) is 0 Å². The maximum absolute atomic E-state index is 12.7. The van der Waals surface area contributed by atoms with E-state index in [1.807, 2.05) is 54.3 Å². The highest BCUT2D eigenvalue weighted by Gasteiger charge is 2.21. The molecule has 0 saturated heterocycles. The monoisotopic (exact) mass is 448 g/mol. The minimum atomic E-state index is -3.63. The Balaban J connectivity index is 1.33. The highest BCUT2D eigenvalue weighted by molar-refractivity contribution is 7.89. The number of carbonyl (C=O) groups excluding carboxylic acids is 1. The molecule has 1 atom stereocenters. The first-order valence-corrected chi connectivity index (χ1v) is 12.4. The number of hydrogen-bond acceptors (Lipinski definition) is 3. The molecule has 6 heteroatoms. The van der Waals surface area contributed by atoms with Gasteiger partial charge in [-0.3, -0.25) is 4.79 Å². The van der Waals surface area contributed by atoms with Crippen molar-refractivity contribution >= 4 is 15.9 Å². The molecule has 5 nitrogen and oxygen atoms in total. The van der Waals surface area contributed by atoms with Crippen LogP contribution in [0.15, 0.2) is 83.8 Å². The van der Waals surface area contributed by atoms with Gasteiger partial charge in [0.15, 0.2) is 0 Å². The van der Waals surface area contributed by atoms with Crippen LogP contribution in [0.1, 0.15) is 41.6 Å². The second-order valence-electron chi connectivity index (χ2n) is 8.23. The molecule has 0 aliphatic carbocycles. The van der Waals surface area contributed by atoms with Crippen LogP contribution in [0.25, 0.3) is 0 Å². The second-order valence-corrected chi connectivity index (χ2v) is 9.95. The summed E-state index contributed by atoms with van der Waals surface area (Å²) in [5.74, 6) is 0.134. The van der Waals surface area contributed by atoms with E-state index in [1.54, 1.807) is 24.3 Å². The van der Waals surface area contributed by atoms with Gasteiger partial charge in [-0.25, -0.2) is 13.1 Å². The van der Waals surface area contributed by atoms with Crippen molar-refractivity contribution in [3.8, 4) is 0 Å². The van der Waals surface area contributed by atoms with E-state index in [0.717, 1.165) is 24.1 Å². The summed E-state index contributed by atoms with van der Waals surface area (Å²) in [4.78, 5) is 14.8. The minimum absolute atomic E-state index is 0.134. The van der Waals surface area contributed by atoms with Crippen LogP contribution in [-0.4, -0.2) is 25.8 Å². The molecule has 166 valence electrons. The molecule has 3 aromatic rings. The maximum atomic E-state index is 12.7. The van der Waals surface area contributed by atoms with Gasteiger partial charge in [-0.15, -0.1) is 0 Å². The molecule has 1 heterocycles. The number of sulfonamides is 1. The number of aryl methyl sites for hydroxylation is 1. The Morgan fingerprint density at radius 2 is 1.59 bits per heavy atom. The van der Waals surface area contributed by atoms with Crippen LogP contribution >= 0.6 is 0 Å². The van der Waals surface area contributed by atoms with Gasteiger partial charge < -0.3 is 4.90 Å². The number of hydrogen-bond donors (Lipinski definition) is 1. The van der Waals surface area contributed by atoms with Crippen molar-refractivity contribution in [1.82, 2.24) is 9.62 Å². The third kappa shape index (κ3) is 5.26. The number of fused-ring (bicyclic) bond motifs is 1. The van der Waals surface area contributed by atoms with Crippen LogP contribution in [0.4, 0.5) is 0 Å². The molecule has 1 aliphatic heterocycles. The number of carbonyl (C=O) groups is 1. The van der Waals surface area contributed by atoms with Crippen LogP contribution in [-0.2, 0) is 34.2 Å². The van der Waals surface area contributed by atoms with Gasteiger partial charge in [0.25, 0.3) is 0 Å². The summed E-state index contributed by atoms with van der Waals surface area (Å²) in [7, 11) is -3.63. The fourth-order valence-corrected chi connectivity index (χ4v) is 5.30. The normalized spacial score (nSPS) is 14.6. The lowest BCUT2D eigenvalue weighted by molar-refractivity contribution is -0.132. The Bertz CT molecular complexity index is 1180. The first kappa shape index (κ1) is 22.2. The van der Waals surface area contributed by atoms with Gasteiger partial charge in [-0.05, 0) is 54.2 Å². The molecular weight excluding hydrogens is 420 g/mol. The molecule has 32 heavy (non-hydrogen) atoms. The van der Waals surface area contributed by atoms with Gasteiger partial charge in [-0.2, -0.15) is 0 Å². The summed E-state index contributed by atoms with van der Waals surface area (Å²) in [5, 5.41) is 0. The first-order chi connectivity index (χ1) is 15.4. The first-order valence-electron chi connectivity index (χ1n) is 10.9.